The quantitative estimate of drug-likeness (QED) is 0.539. The molecule has 5 rings (SSSR count). The average Bonchev–Trinajstić information content (AvgIpc) is 3.14. The van der Waals surface area contributed by atoms with Gasteiger partial charge in [-0.15, -0.1) is 0 Å². The van der Waals surface area contributed by atoms with Crippen molar-refractivity contribution in [3.8, 4) is 22.7 Å². The van der Waals surface area contributed by atoms with Crippen LogP contribution in [-0.4, -0.2) is 33.8 Å². The zero-order valence-electron chi connectivity index (χ0n) is 16.5. The summed E-state index contributed by atoms with van der Waals surface area (Å²) in [7, 11) is 0. The third-order valence-electron chi connectivity index (χ3n) is 5.52. The first-order valence-corrected chi connectivity index (χ1v) is 11.2. The van der Waals surface area contributed by atoms with Crippen molar-refractivity contribution < 1.29 is 9.53 Å². The van der Waals surface area contributed by atoms with E-state index in [2.05, 4.69) is 10.5 Å². The largest absolute Gasteiger partial charge is 0.488 e. The fourth-order valence-corrected chi connectivity index (χ4v) is 4.69. The summed E-state index contributed by atoms with van der Waals surface area (Å²) in [6.45, 7) is 1.86. The van der Waals surface area contributed by atoms with Gasteiger partial charge in [-0.2, -0.15) is 5.10 Å². The Labute approximate surface area is 194 Å². The number of hydrazine groups is 1. The fourth-order valence-electron chi connectivity index (χ4n) is 4.04. The molecule has 160 valence electrons. The van der Waals surface area contributed by atoms with Gasteiger partial charge in [0.2, 0.25) is 0 Å². The van der Waals surface area contributed by atoms with Gasteiger partial charge in [0.25, 0.3) is 5.91 Å². The summed E-state index contributed by atoms with van der Waals surface area (Å²) in [5.41, 5.74) is 6.19. The number of halogens is 3. The molecular formula is C22H19Cl3N4O2. The maximum Gasteiger partial charge on any atom is 0.286 e. The van der Waals surface area contributed by atoms with E-state index in [1.54, 1.807) is 35.0 Å². The number of carbonyl (C=O) groups excluding carboxylic acids is 1. The molecule has 6 nitrogen and oxygen atoms in total. The van der Waals surface area contributed by atoms with Crippen LogP contribution in [0.5, 0.6) is 5.75 Å². The zero-order valence-corrected chi connectivity index (χ0v) is 18.8. The first-order valence-electron chi connectivity index (χ1n) is 10.1. The van der Waals surface area contributed by atoms with Gasteiger partial charge in [-0.05, 0) is 49.2 Å². The first kappa shape index (κ1) is 20.6. The number of ether oxygens (including phenoxy) is 1. The summed E-state index contributed by atoms with van der Waals surface area (Å²) in [4.78, 5) is 13.2. The van der Waals surface area contributed by atoms with E-state index in [0.717, 1.165) is 37.2 Å². The van der Waals surface area contributed by atoms with Crippen molar-refractivity contribution in [2.24, 2.45) is 0 Å². The van der Waals surface area contributed by atoms with E-state index in [4.69, 9.17) is 39.5 Å². The van der Waals surface area contributed by atoms with Crippen LogP contribution >= 0.6 is 34.8 Å². The number of nitrogens with zero attached hydrogens (tertiary/aromatic N) is 3. The van der Waals surface area contributed by atoms with E-state index in [1.807, 2.05) is 11.1 Å². The molecule has 2 aliphatic rings. The molecule has 1 fully saturated rings. The number of rotatable bonds is 3. The van der Waals surface area contributed by atoms with Crippen LogP contribution in [0.1, 0.15) is 35.3 Å². The van der Waals surface area contributed by atoms with E-state index in [1.165, 1.54) is 6.42 Å². The SMILES string of the molecule is O=C(NN1CCCCC1)c1nn(-c2ccc(Cl)cc2Cl)c2c1COc1cc(Cl)ccc1-2. The molecule has 2 aliphatic heterocycles. The van der Waals surface area contributed by atoms with Crippen LogP contribution in [0.3, 0.4) is 0 Å². The molecule has 31 heavy (non-hydrogen) atoms. The second-order valence-electron chi connectivity index (χ2n) is 7.60. The minimum atomic E-state index is -0.261. The molecule has 0 unspecified atom stereocenters. The number of nitrogens with one attached hydrogen (secondary N) is 1. The summed E-state index contributed by atoms with van der Waals surface area (Å²) in [6.07, 6.45) is 3.30. The van der Waals surface area contributed by atoms with Crippen LogP contribution in [0.25, 0.3) is 16.9 Å². The molecule has 1 aromatic heterocycles. The van der Waals surface area contributed by atoms with Gasteiger partial charge in [-0.1, -0.05) is 41.2 Å². The van der Waals surface area contributed by atoms with Crippen molar-refractivity contribution in [2.75, 3.05) is 13.1 Å². The Morgan fingerprint density at radius 1 is 1.00 bits per heavy atom. The summed E-state index contributed by atoms with van der Waals surface area (Å²) < 4.78 is 7.61. The lowest BCUT2D eigenvalue weighted by Crippen LogP contribution is -2.45. The van der Waals surface area contributed by atoms with E-state index < -0.39 is 0 Å². The van der Waals surface area contributed by atoms with Crippen molar-refractivity contribution in [1.82, 2.24) is 20.2 Å². The lowest BCUT2D eigenvalue weighted by atomic mass is 10.0. The maximum atomic E-state index is 13.2. The summed E-state index contributed by atoms with van der Waals surface area (Å²) in [5, 5.41) is 8.15. The van der Waals surface area contributed by atoms with Gasteiger partial charge in [0.05, 0.1) is 16.4 Å². The van der Waals surface area contributed by atoms with Crippen LogP contribution in [0.15, 0.2) is 36.4 Å². The number of hydrogen-bond donors (Lipinski definition) is 1. The van der Waals surface area contributed by atoms with Crippen molar-refractivity contribution in [1.29, 1.82) is 0 Å². The molecule has 1 amide bonds. The van der Waals surface area contributed by atoms with Crippen LogP contribution < -0.4 is 10.2 Å². The topological polar surface area (TPSA) is 59.4 Å². The highest BCUT2D eigenvalue weighted by atomic mass is 35.5. The van der Waals surface area contributed by atoms with Crippen molar-refractivity contribution >= 4 is 40.7 Å². The standard InChI is InChI=1S/C22H19Cl3N4O2/c23-13-5-7-18(17(25)10-13)29-21-15-6-4-14(24)11-19(15)31-12-16(21)20(26-29)22(30)27-28-8-2-1-3-9-28/h4-7,10-11H,1-3,8-9,12H2,(H,27,30). The fraction of sp³-hybridized carbons (Fsp3) is 0.273. The Kier molecular flexibility index (Phi) is 5.56. The monoisotopic (exact) mass is 476 g/mol. The smallest absolute Gasteiger partial charge is 0.286 e. The highest BCUT2D eigenvalue weighted by molar-refractivity contribution is 6.35. The molecule has 2 aromatic carbocycles. The molecule has 0 aliphatic carbocycles. The van der Waals surface area contributed by atoms with Gasteiger partial charge in [0.15, 0.2) is 5.69 Å². The van der Waals surface area contributed by atoms with E-state index in [-0.39, 0.29) is 12.5 Å². The molecule has 9 heteroatoms. The van der Waals surface area contributed by atoms with E-state index >= 15 is 0 Å². The maximum absolute atomic E-state index is 13.2. The Morgan fingerprint density at radius 2 is 1.74 bits per heavy atom. The number of benzene rings is 2. The van der Waals surface area contributed by atoms with Crippen LogP contribution in [-0.2, 0) is 6.61 Å². The molecule has 0 spiro atoms. The van der Waals surface area contributed by atoms with Crippen molar-refractivity contribution in [3.63, 3.8) is 0 Å². The normalized spacial score (nSPS) is 15.7. The Bertz CT molecular complexity index is 1170. The third-order valence-corrected chi connectivity index (χ3v) is 6.30. The molecule has 1 N–H and O–H groups in total. The highest BCUT2D eigenvalue weighted by Crippen LogP contribution is 2.42. The number of piperidine rings is 1. The third kappa shape index (κ3) is 3.89. The predicted octanol–water partition coefficient (Wildman–Crippen LogP) is 5.52. The molecule has 0 atom stereocenters. The lowest BCUT2D eigenvalue weighted by molar-refractivity contribution is 0.0742. The summed E-state index contributed by atoms with van der Waals surface area (Å²) in [6, 6.07) is 10.6. The molecule has 3 aromatic rings. The van der Waals surface area contributed by atoms with Gasteiger partial charge >= 0.3 is 0 Å². The predicted molar refractivity (Wildman–Crippen MR) is 121 cm³/mol. The van der Waals surface area contributed by atoms with E-state index in [9.17, 15) is 4.79 Å². The van der Waals surface area contributed by atoms with Crippen molar-refractivity contribution in [3.05, 3.63) is 62.7 Å². The van der Waals surface area contributed by atoms with E-state index in [0.29, 0.717) is 37.8 Å². The average molecular weight is 478 g/mol. The van der Waals surface area contributed by atoms with Gasteiger partial charge in [-0.25, -0.2) is 9.69 Å². The van der Waals surface area contributed by atoms with Crippen LogP contribution in [0.2, 0.25) is 15.1 Å². The number of amides is 1. The second kappa shape index (κ2) is 8.36. The Balaban J connectivity index is 1.64. The van der Waals surface area contributed by atoms with Crippen molar-refractivity contribution in [2.45, 2.75) is 25.9 Å². The highest BCUT2D eigenvalue weighted by Gasteiger charge is 2.31. The number of aromatic nitrogens is 2. The zero-order chi connectivity index (χ0) is 21.5. The van der Waals surface area contributed by atoms with Crippen LogP contribution in [0, 0.1) is 0 Å². The van der Waals surface area contributed by atoms with Crippen LogP contribution in [0.4, 0.5) is 0 Å². The molecule has 1 saturated heterocycles. The molecule has 0 bridgehead atoms. The number of fused-ring (bicyclic) bond motifs is 3. The molecular weight excluding hydrogens is 459 g/mol. The Morgan fingerprint density at radius 3 is 2.52 bits per heavy atom. The minimum Gasteiger partial charge on any atom is -0.488 e. The molecule has 3 heterocycles. The van der Waals surface area contributed by atoms with Gasteiger partial charge in [0, 0.05) is 34.3 Å². The molecule has 0 radical (unpaired) electrons. The minimum absolute atomic E-state index is 0.205. The number of hydrogen-bond acceptors (Lipinski definition) is 4. The first-order chi connectivity index (χ1) is 15.0. The lowest BCUT2D eigenvalue weighted by Gasteiger charge is -2.26. The summed E-state index contributed by atoms with van der Waals surface area (Å²) in [5.74, 6) is 0.372. The van der Waals surface area contributed by atoms with Gasteiger partial charge < -0.3 is 4.74 Å². The summed E-state index contributed by atoms with van der Waals surface area (Å²) >= 11 is 18.7. The Hall–Kier alpha value is -2.25. The number of carbonyl (C=O) groups is 1. The van der Waals surface area contributed by atoms with Gasteiger partial charge in [-0.3, -0.25) is 10.2 Å². The van der Waals surface area contributed by atoms with Gasteiger partial charge in [0.1, 0.15) is 12.4 Å². The molecule has 0 saturated carbocycles. The second-order valence-corrected chi connectivity index (χ2v) is 8.88.